The van der Waals surface area contributed by atoms with Crippen molar-refractivity contribution in [3.05, 3.63) is 47.5 Å². The van der Waals surface area contributed by atoms with Crippen LogP contribution in [0.3, 0.4) is 0 Å². The standard InChI is InChI=1S/C25H27F3N2O3S/c26-25(27,28)17-7-8-21-22(29-19-5-1-2-6-20(19)34-21)16(17)4-3-12-30-13-10-24(32,11-14-30)18-9-15-33-23(18)31/h1-2,5-8,18,29,32H,3-4,9-15H2. The third-order valence-corrected chi connectivity index (χ3v) is 8.29. The first-order valence-electron chi connectivity index (χ1n) is 11.6. The summed E-state index contributed by atoms with van der Waals surface area (Å²) in [5, 5.41) is 14.2. The van der Waals surface area contributed by atoms with Gasteiger partial charge in [-0.25, -0.2) is 0 Å². The maximum atomic E-state index is 13.9. The zero-order valence-electron chi connectivity index (χ0n) is 18.7. The number of aliphatic hydroxyl groups is 1. The van der Waals surface area contributed by atoms with E-state index in [1.807, 2.05) is 24.3 Å². The number of halogens is 3. The molecule has 0 saturated carbocycles. The molecular weight excluding hydrogens is 465 g/mol. The molecule has 0 aliphatic carbocycles. The number of hydrogen-bond donors (Lipinski definition) is 2. The van der Waals surface area contributed by atoms with Gasteiger partial charge in [0.2, 0.25) is 0 Å². The molecule has 3 heterocycles. The summed E-state index contributed by atoms with van der Waals surface area (Å²) in [7, 11) is 0. The summed E-state index contributed by atoms with van der Waals surface area (Å²) in [5.41, 5.74) is 0.0361. The van der Waals surface area contributed by atoms with E-state index in [2.05, 4.69) is 10.2 Å². The van der Waals surface area contributed by atoms with Crippen molar-refractivity contribution in [2.45, 2.75) is 53.7 Å². The molecule has 0 radical (unpaired) electrons. The van der Waals surface area contributed by atoms with Crippen molar-refractivity contribution in [2.75, 3.05) is 31.6 Å². The maximum Gasteiger partial charge on any atom is 0.416 e. The highest BCUT2D eigenvalue weighted by Crippen LogP contribution is 2.48. The number of para-hydroxylation sites is 1. The van der Waals surface area contributed by atoms with Crippen molar-refractivity contribution in [2.24, 2.45) is 5.92 Å². The molecule has 34 heavy (non-hydrogen) atoms. The van der Waals surface area contributed by atoms with Crippen LogP contribution in [-0.2, 0) is 22.1 Å². The predicted molar refractivity (Wildman–Crippen MR) is 123 cm³/mol. The molecule has 3 aliphatic heterocycles. The number of carbonyl (C=O) groups is 1. The Labute approximate surface area is 200 Å². The Balaban J connectivity index is 1.26. The lowest BCUT2D eigenvalue weighted by atomic mass is 9.78. The Morgan fingerprint density at radius 1 is 1.15 bits per heavy atom. The van der Waals surface area contributed by atoms with Gasteiger partial charge in [-0.2, -0.15) is 13.2 Å². The SMILES string of the molecule is O=C1OCCC1C1(O)CCN(CCCc2c(C(F)(F)F)ccc3c2Nc2ccccc2S3)CC1. The Morgan fingerprint density at radius 3 is 2.62 bits per heavy atom. The second-order valence-corrected chi connectivity index (χ2v) is 10.3. The minimum absolute atomic E-state index is 0.295. The Kier molecular flexibility index (Phi) is 6.29. The Morgan fingerprint density at radius 2 is 1.91 bits per heavy atom. The van der Waals surface area contributed by atoms with E-state index in [0.717, 1.165) is 15.5 Å². The average molecular weight is 493 g/mol. The molecule has 182 valence electrons. The van der Waals surface area contributed by atoms with E-state index < -0.39 is 23.3 Å². The smallest absolute Gasteiger partial charge is 0.416 e. The van der Waals surface area contributed by atoms with Crippen LogP contribution in [0.25, 0.3) is 0 Å². The van der Waals surface area contributed by atoms with Gasteiger partial charge >= 0.3 is 12.1 Å². The maximum absolute atomic E-state index is 13.9. The number of benzene rings is 2. The van der Waals surface area contributed by atoms with Gasteiger partial charge in [-0.15, -0.1) is 0 Å². The molecule has 0 bridgehead atoms. The molecule has 0 aromatic heterocycles. The summed E-state index contributed by atoms with van der Waals surface area (Å²) in [6.07, 6.45) is -2.08. The molecule has 1 atom stereocenters. The molecule has 2 aromatic rings. The largest absolute Gasteiger partial charge is 0.465 e. The quantitative estimate of drug-likeness (QED) is 0.476. The number of likely N-dealkylation sites (tertiary alicyclic amines) is 1. The highest BCUT2D eigenvalue weighted by Gasteiger charge is 2.46. The van der Waals surface area contributed by atoms with Gasteiger partial charge in [-0.05, 0) is 68.5 Å². The third-order valence-electron chi connectivity index (χ3n) is 7.15. The lowest BCUT2D eigenvalue weighted by molar-refractivity contribution is -0.151. The number of nitrogens with zero attached hydrogens (tertiary/aromatic N) is 1. The van der Waals surface area contributed by atoms with Gasteiger partial charge < -0.3 is 20.1 Å². The highest BCUT2D eigenvalue weighted by molar-refractivity contribution is 7.99. The van der Waals surface area contributed by atoms with Crippen LogP contribution in [0, 0.1) is 5.92 Å². The van der Waals surface area contributed by atoms with Gasteiger partial charge in [0.05, 0.1) is 35.1 Å². The van der Waals surface area contributed by atoms with Crippen molar-refractivity contribution >= 4 is 29.1 Å². The first kappa shape index (κ1) is 23.5. The highest BCUT2D eigenvalue weighted by atomic mass is 32.2. The lowest BCUT2D eigenvalue weighted by Gasteiger charge is -2.40. The number of fused-ring (bicyclic) bond motifs is 2. The zero-order valence-corrected chi connectivity index (χ0v) is 19.5. The summed E-state index contributed by atoms with van der Waals surface area (Å²) < 4.78 is 46.6. The minimum Gasteiger partial charge on any atom is -0.465 e. The molecule has 2 saturated heterocycles. The van der Waals surface area contributed by atoms with Crippen molar-refractivity contribution in [1.29, 1.82) is 0 Å². The molecule has 1 unspecified atom stereocenters. The van der Waals surface area contributed by atoms with Crippen molar-refractivity contribution in [1.82, 2.24) is 4.90 Å². The van der Waals surface area contributed by atoms with Gasteiger partial charge in [-0.1, -0.05) is 23.9 Å². The van der Waals surface area contributed by atoms with Crippen LogP contribution in [0.15, 0.2) is 46.2 Å². The normalized spacial score (nSPS) is 22.0. The fourth-order valence-electron chi connectivity index (χ4n) is 5.26. The molecule has 3 aliphatic rings. The number of cyclic esters (lactones) is 1. The fraction of sp³-hybridized carbons (Fsp3) is 0.480. The van der Waals surface area contributed by atoms with E-state index in [9.17, 15) is 23.1 Å². The number of nitrogens with one attached hydrogen (secondary N) is 1. The Hall–Kier alpha value is -2.23. The second-order valence-electron chi connectivity index (χ2n) is 9.24. The van der Waals surface area contributed by atoms with Gasteiger partial charge in [0.15, 0.2) is 0 Å². The molecule has 5 rings (SSSR count). The van der Waals surface area contributed by atoms with Crippen LogP contribution in [-0.4, -0.2) is 47.8 Å². The molecule has 9 heteroatoms. The molecule has 2 fully saturated rings. The number of esters is 1. The molecule has 0 spiro atoms. The fourth-order valence-corrected chi connectivity index (χ4v) is 6.29. The van der Waals surface area contributed by atoms with Gasteiger partial charge in [0, 0.05) is 22.9 Å². The van der Waals surface area contributed by atoms with Crippen molar-refractivity contribution < 1.29 is 27.8 Å². The van der Waals surface area contributed by atoms with Crippen molar-refractivity contribution in [3.8, 4) is 0 Å². The topological polar surface area (TPSA) is 61.8 Å². The van der Waals surface area contributed by atoms with E-state index in [1.165, 1.54) is 17.8 Å². The molecular formula is C25H27F3N2O3S. The zero-order chi connectivity index (χ0) is 23.9. The van der Waals surface area contributed by atoms with Crippen LogP contribution in [0.5, 0.6) is 0 Å². The number of carbonyl (C=O) groups excluding carboxylic acids is 1. The first-order valence-corrected chi connectivity index (χ1v) is 12.4. The van der Waals surface area contributed by atoms with Gasteiger partial charge in [-0.3, -0.25) is 4.79 Å². The lowest BCUT2D eigenvalue weighted by Crippen LogP contribution is -2.50. The van der Waals surface area contributed by atoms with E-state index in [0.29, 0.717) is 69.6 Å². The summed E-state index contributed by atoms with van der Waals surface area (Å²) in [6, 6.07) is 10.4. The van der Waals surface area contributed by atoms with Crippen LogP contribution in [0.4, 0.5) is 24.5 Å². The molecule has 5 nitrogen and oxygen atoms in total. The van der Waals surface area contributed by atoms with Gasteiger partial charge in [0.25, 0.3) is 0 Å². The van der Waals surface area contributed by atoms with Crippen LogP contribution in [0.2, 0.25) is 0 Å². The first-order chi connectivity index (χ1) is 16.2. The van der Waals surface area contributed by atoms with Crippen LogP contribution >= 0.6 is 11.8 Å². The summed E-state index contributed by atoms with van der Waals surface area (Å²) >= 11 is 1.48. The van der Waals surface area contributed by atoms with E-state index >= 15 is 0 Å². The van der Waals surface area contributed by atoms with E-state index in [-0.39, 0.29) is 5.97 Å². The van der Waals surface area contributed by atoms with Crippen molar-refractivity contribution in [3.63, 3.8) is 0 Å². The summed E-state index contributed by atoms with van der Waals surface area (Å²) in [4.78, 5) is 15.9. The van der Waals surface area contributed by atoms with E-state index in [4.69, 9.17) is 4.74 Å². The Bertz CT molecular complexity index is 1080. The van der Waals surface area contributed by atoms with E-state index in [1.54, 1.807) is 6.07 Å². The van der Waals surface area contributed by atoms with Gasteiger partial charge in [0.1, 0.15) is 0 Å². The number of hydrogen-bond acceptors (Lipinski definition) is 6. The van der Waals surface area contributed by atoms with Crippen LogP contribution < -0.4 is 5.32 Å². The number of alkyl halides is 3. The summed E-state index contributed by atoms with van der Waals surface area (Å²) in [6.45, 7) is 2.21. The van der Waals surface area contributed by atoms with Crippen LogP contribution in [0.1, 0.15) is 36.8 Å². The molecule has 2 N–H and O–H groups in total. The minimum atomic E-state index is -4.43. The second kappa shape index (κ2) is 9.09. The third kappa shape index (κ3) is 4.53. The average Bonchev–Trinajstić information content (AvgIpc) is 3.25. The number of anilines is 2. The predicted octanol–water partition coefficient (Wildman–Crippen LogP) is 5.24. The number of piperidine rings is 1. The monoisotopic (exact) mass is 492 g/mol. The number of ether oxygens (including phenoxy) is 1. The summed E-state index contributed by atoms with van der Waals surface area (Å²) in [5.74, 6) is -0.789. The molecule has 0 amide bonds. The molecule has 2 aromatic carbocycles. The number of rotatable bonds is 5.